The second-order valence-electron chi connectivity index (χ2n) is 8.60. The van der Waals surface area contributed by atoms with Crippen LogP contribution in [0.1, 0.15) is 34.8 Å². The maximum atomic E-state index is 13.4. The van der Waals surface area contributed by atoms with Crippen LogP contribution in [0.5, 0.6) is 0 Å². The minimum atomic E-state index is -0.199. The number of nitrogens with zero attached hydrogens (tertiary/aromatic N) is 2. The van der Waals surface area contributed by atoms with Crippen molar-refractivity contribution in [3.63, 3.8) is 0 Å². The number of nitrogens with one attached hydrogen (secondary N) is 2. The first-order valence-corrected chi connectivity index (χ1v) is 11.8. The Bertz CT molecular complexity index is 1160. The molecule has 1 unspecified atom stereocenters. The summed E-state index contributed by atoms with van der Waals surface area (Å²) in [7, 11) is 4.16. The summed E-state index contributed by atoms with van der Waals surface area (Å²) in [6.07, 6.45) is 1.93. The molecule has 3 aromatic carbocycles. The summed E-state index contributed by atoms with van der Waals surface area (Å²) in [6.45, 7) is 0.758. The lowest BCUT2D eigenvalue weighted by molar-refractivity contribution is -0.114. The van der Waals surface area contributed by atoms with Gasteiger partial charge in [0, 0.05) is 29.5 Å². The molecule has 1 heterocycles. The van der Waals surface area contributed by atoms with E-state index in [-0.39, 0.29) is 24.4 Å². The summed E-state index contributed by atoms with van der Waals surface area (Å²) in [5.74, 6) is -0.236. The molecule has 1 atom stereocenters. The van der Waals surface area contributed by atoms with E-state index in [2.05, 4.69) is 35.7 Å². The summed E-state index contributed by atoms with van der Waals surface area (Å²) in [4.78, 5) is 29.8. The van der Waals surface area contributed by atoms with Gasteiger partial charge >= 0.3 is 0 Å². The summed E-state index contributed by atoms with van der Waals surface area (Å²) in [6, 6.07) is 22.7. The number of para-hydroxylation sites is 2. The van der Waals surface area contributed by atoms with E-state index in [0.717, 1.165) is 18.5 Å². The van der Waals surface area contributed by atoms with Crippen molar-refractivity contribution in [3.05, 3.63) is 88.9 Å². The second-order valence-corrected chi connectivity index (χ2v) is 9.00. The Morgan fingerprint density at radius 2 is 1.71 bits per heavy atom. The minimum Gasteiger partial charge on any atom is -0.375 e. The second kappa shape index (κ2) is 10.7. The third-order valence-corrected chi connectivity index (χ3v) is 6.37. The maximum absolute atomic E-state index is 13.4. The van der Waals surface area contributed by atoms with Crippen LogP contribution < -0.4 is 15.5 Å². The molecule has 176 valence electrons. The number of anilines is 3. The number of rotatable bonds is 6. The fourth-order valence-corrected chi connectivity index (χ4v) is 4.52. The molecule has 0 radical (unpaired) electrons. The van der Waals surface area contributed by atoms with Crippen molar-refractivity contribution < 1.29 is 9.59 Å². The summed E-state index contributed by atoms with van der Waals surface area (Å²) < 4.78 is 0. The molecule has 1 aliphatic rings. The van der Waals surface area contributed by atoms with Gasteiger partial charge < -0.3 is 20.4 Å². The maximum Gasteiger partial charge on any atom is 0.258 e. The van der Waals surface area contributed by atoms with Crippen LogP contribution in [0.3, 0.4) is 0 Å². The number of benzene rings is 3. The van der Waals surface area contributed by atoms with E-state index in [9.17, 15) is 9.59 Å². The molecular formula is C27H29ClN4O2. The highest BCUT2D eigenvalue weighted by Gasteiger charge is 2.27. The summed E-state index contributed by atoms with van der Waals surface area (Å²) in [5.41, 5.74) is 4.06. The molecule has 0 fully saturated rings. The standard InChI is InChI=1S/C27H29ClN4O2/c1-31(2)24-12-7-17-32(25-11-6-3-8-21(24)25)27(34)19-13-15-20(16-14-19)30-26(33)18-29-23-10-5-4-9-22(23)28/h3-6,8-11,13-16,24,29H,7,12,17-18H2,1-2H3,(H,30,33). The first-order valence-electron chi connectivity index (χ1n) is 11.4. The van der Waals surface area contributed by atoms with Crippen molar-refractivity contribution in [1.29, 1.82) is 0 Å². The van der Waals surface area contributed by atoms with Gasteiger partial charge in [-0.05, 0) is 75.0 Å². The predicted molar refractivity (Wildman–Crippen MR) is 139 cm³/mol. The van der Waals surface area contributed by atoms with Gasteiger partial charge in [-0.2, -0.15) is 0 Å². The van der Waals surface area contributed by atoms with Crippen LogP contribution in [0.25, 0.3) is 0 Å². The van der Waals surface area contributed by atoms with Gasteiger partial charge in [0.05, 0.1) is 17.3 Å². The zero-order valence-electron chi connectivity index (χ0n) is 19.4. The van der Waals surface area contributed by atoms with Gasteiger partial charge in [-0.25, -0.2) is 0 Å². The summed E-state index contributed by atoms with van der Waals surface area (Å²) >= 11 is 6.11. The number of hydrogen-bond acceptors (Lipinski definition) is 4. The van der Waals surface area contributed by atoms with E-state index in [1.807, 2.05) is 41.3 Å². The zero-order valence-corrected chi connectivity index (χ0v) is 20.2. The molecule has 0 saturated heterocycles. The molecule has 0 aromatic heterocycles. The molecule has 0 bridgehead atoms. The lowest BCUT2D eigenvalue weighted by Gasteiger charge is -2.27. The van der Waals surface area contributed by atoms with Gasteiger partial charge in [-0.3, -0.25) is 9.59 Å². The highest BCUT2D eigenvalue weighted by molar-refractivity contribution is 6.33. The molecule has 2 N–H and O–H groups in total. The molecule has 34 heavy (non-hydrogen) atoms. The van der Waals surface area contributed by atoms with Crippen molar-refractivity contribution in [2.24, 2.45) is 0 Å². The Balaban J connectivity index is 1.43. The third-order valence-electron chi connectivity index (χ3n) is 6.04. The van der Waals surface area contributed by atoms with Crippen LogP contribution in [0.2, 0.25) is 5.02 Å². The van der Waals surface area contributed by atoms with Gasteiger partial charge in [-0.1, -0.05) is 41.9 Å². The predicted octanol–water partition coefficient (Wildman–Crippen LogP) is 5.43. The van der Waals surface area contributed by atoms with E-state index in [0.29, 0.717) is 28.5 Å². The lowest BCUT2D eigenvalue weighted by Crippen LogP contribution is -2.31. The Hall–Kier alpha value is -3.35. The molecule has 1 aliphatic heterocycles. The van der Waals surface area contributed by atoms with Crippen molar-refractivity contribution in [2.45, 2.75) is 18.9 Å². The topological polar surface area (TPSA) is 64.7 Å². The first-order chi connectivity index (χ1) is 16.4. The molecule has 2 amide bonds. The van der Waals surface area contributed by atoms with Crippen LogP contribution in [0.15, 0.2) is 72.8 Å². The monoisotopic (exact) mass is 476 g/mol. The van der Waals surface area contributed by atoms with Gasteiger partial charge in [-0.15, -0.1) is 0 Å². The van der Waals surface area contributed by atoms with E-state index < -0.39 is 0 Å². The lowest BCUT2D eigenvalue weighted by atomic mass is 10.0. The number of carbonyl (C=O) groups excluding carboxylic acids is 2. The summed E-state index contributed by atoms with van der Waals surface area (Å²) in [5, 5.41) is 6.43. The molecular weight excluding hydrogens is 448 g/mol. The molecule has 0 aliphatic carbocycles. The average Bonchev–Trinajstić information content (AvgIpc) is 3.03. The van der Waals surface area contributed by atoms with Gasteiger partial charge in [0.2, 0.25) is 5.91 Å². The van der Waals surface area contributed by atoms with Crippen LogP contribution >= 0.6 is 11.6 Å². The van der Waals surface area contributed by atoms with E-state index in [4.69, 9.17) is 11.6 Å². The number of hydrogen-bond donors (Lipinski definition) is 2. The highest BCUT2D eigenvalue weighted by Crippen LogP contribution is 2.36. The van der Waals surface area contributed by atoms with Crippen LogP contribution in [-0.2, 0) is 4.79 Å². The number of carbonyl (C=O) groups is 2. The van der Waals surface area contributed by atoms with Crippen molar-refractivity contribution in [2.75, 3.05) is 42.7 Å². The van der Waals surface area contributed by atoms with Gasteiger partial charge in [0.25, 0.3) is 5.91 Å². The SMILES string of the molecule is CN(C)C1CCCN(C(=O)c2ccc(NC(=O)CNc3ccccc3Cl)cc2)c2ccccc21. The minimum absolute atomic E-state index is 0.0369. The number of halogens is 1. The van der Waals surface area contributed by atoms with Gasteiger partial charge in [0.15, 0.2) is 0 Å². The molecule has 7 heteroatoms. The van der Waals surface area contributed by atoms with E-state index >= 15 is 0 Å². The van der Waals surface area contributed by atoms with Gasteiger partial charge in [0.1, 0.15) is 0 Å². The molecule has 4 rings (SSSR count). The van der Waals surface area contributed by atoms with Crippen molar-refractivity contribution in [3.8, 4) is 0 Å². The number of amides is 2. The third kappa shape index (κ3) is 5.41. The smallest absolute Gasteiger partial charge is 0.258 e. The Morgan fingerprint density at radius 3 is 2.44 bits per heavy atom. The van der Waals surface area contributed by atoms with E-state index in [1.165, 1.54) is 5.56 Å². The Morgan fingerprint density at radius 1 is 1.00 bits per heavy atom. The fourth-order valence-electron chi connectivity index (χ4n) is 4.32. The Labute approximate surface area is 205 Å². The average molecular weight is 477 g/mol. The zero-order chi connectivity index (χ0) is 24.1. The fraction of sp³-hybridized carbons (Fsp3) is 0.259. The Kier molecular flexibility index (Phi) is 7.50. The molecule has 6 nitrogen and oxygen atoms in total. The molecule has 3 aromatic rings. The van der Waals surface area contributed by atoms with Crippen molar-refractivity contribution >= 4 is 40.5 Å². The molecule has 0 saturated carbocycles. The van der Waals surface area contributed by atoms with Crippen molar-refractivity contribution in [1.82, 2.24) is 4.90 Å². The quantitative estimate of drug-likeness (QED) is 0.497. The molecule has 0 spiro atoms. The largest absolute Gasteiger partial charge is 0.375 e. The highest BCUT2D eigenvalue weighted by atomic mass is 35.5. The first kappa shape index (κ1) is 23.8. The van der Waals surface area contributed by atoms with E-state index in [1.54, 1.807) is 30.3 Å². The normalized spacial score (nSPS) is 15.4. The van der Waals surface area contributed by atoms with Crippen LogP contribution in [0, 0.1) is 0 Å². The van der Waals surface area contributed by atoms with Crippen LogP contribution in [0.4, 0.5) is 17.1 Å². The number of fused-ring (bicyclic) bond motifs is 1. The van der Waals surface area contributed by atoms with Crippen LogP contribution in [-0.4, -0.2) is 43.9 Å².